The number of para-hydroxylation sites is 2. The highest BCUT2D eigenvalue weighted by atomic mass is 127. The summed E-state index contributed by atoms with van der Waals surface area (Å²) in [5.74, 6) is 0.883. The van der Waals surface area contributed by atoms with Gasteiger partial charge in [0.25, 0.3) is 0 Å². The molecule has 0 aliphatic carbocycles. The highest BCUT2D eigenvalue weighted by molar-refractivity contribution is 14.0. The maximum Gasteiger partial charge on any atom is 0.422 e. The van der Waals surface area contributed by atoms with Crippen molar-refractivity contribution in [2.24, 2.45) is 4.99 Å². The van der Waals surface area contributed by atoms with E-state index >= 15 is 0 Å². The standard InChI is InChI=1S/C20H24F3N5O2.HI/c1-24-19(26-13-15-6-7-25-18(12-15)30-14-20(21,22)23)28-10-8-27(9-11-28)16-4-2-3-5-17(16)29;/h2-7,12,29H,8-11,13-14H2,1H3,(H,24,26);1H. The number of pyridine rings is 1. The third kappa shape index (κ3) is 7.33. The number of phenols is 1. The Morgan fingerprint density at radius 3 is 2.55 bits per heavy atom. The second-order valence-corrected chi connectivity index (χ2v) is 6.77. The SMILES string of the molecule is CN=C(NCc1ccnc(OCC(F)(F)F)c1)N1CCN(c2ccccc2O)CC1.I. The van der Waals surface area contributed by atoms with Crippen molar-refractivity contribution in [1.29, 1.82) is 0 Å². The first kappa shape index (κ1) is 24.8. The summed E-state index contributed by atoms with van der Waals surface area (Å²) >= 11 is 0. The van der Waals surface area contributed by atoms with Crippen LogP contribution in [-0.4, -0.2) is 67.0 Å². The minimum absolute atomic E-state index is 0. The molecule has 0 spiro atoms. The second-order valence-electron chi connectivity index (χ2n) is 6.77. The van der Waals surface area contributed by atoms with Crippen LogP contribution in [0.3, 0.4) is 0 Å². The quantitative estimate of drug-likeness (QED) is 0.338. The fraction of sp³-hybridized carbons (Fsp3) is 0.400. The zero-order chi connectivity index (χ0) is 21.6. The van der Waals surface area contributed by atoms with Gasteiger partial charge in [0.2, 0.25) is 5.88 Å². The van der Waals surface area contributed by atoms with Crippen molar-refractivity contribution in [1.82, 2.24) is 15.2 Å². The molecule has 170 valence electrons. The minimum atomic E-state index is -4.41. The topological polar surface area (TPSA) is 73.2 Å². The smallest absolute Gasteiger partial charge is 0.422 e. The zero-order valence-corrected chi connectivity index (χ0v) is 19.3. The first-order valence-corrected chi connectivity index (χ1v) is 9.49. The van der Waals surface area contributed by atoms with E-state index in [-0.39, 0.29) is 35.6 Å². The number of ether oxygens (including phenoxy) is 1. The summed E-state index contributed by atoms with van der Waals surface area (Å²) in [7, 11) is 1.68. The summed E-state index contributed by atoms with van der Waals surface area (Å²) < 4.78 is 41.6. The van der Waals surface area contributed by atoms with E-state index in [1.807, 2.05) is 12.1 Å². The van der Waals surface area contributed by atoms with Gasteiger partial charge >= 0.3 is 6.18 Å². The van der Waals surface area contributed by atoms with Crippen LogP contribution in [0, 0.1) is 0 Å². The Balaban J connectivity index is 0.00000341. The van der Waals surface area contributed by atoms with Crippen molar-refractivity contribution in [3.63, 3.8) is 0 Å². The summed E-state index contributed by atoms with van der Waals surface area (Å²) in [6, 6.07) is 10.4. The number of aliphatic imine (C=N–C) groups is 1. The van der Waals surface area contributed by atoms with E-state index in [0.717, 1.165) is 24.3 Å². The Kier molecular flexibility index (Phi) is 9.01. The largest absolute Gasteiger partial charge is 0.506 e. The van der Waals surface area contributed by atoms with Crippen molar-refractivity contribution in [2.45, 2.75) is 12.7 Å². The molecule has 3 rings (SSSR count). The van der Waals surface area contributed by atoms with Gasteiger partial charge in [-0.3, -0.25) is 4.99 Å². The lowest BCUT2D eigenvalue weighted by Crippen LogP contribution is -2.52. The number of hydrogen-bond donors (Lipinski definition) is 2. The average Bonchev–Trinajstić information content (AvgIpc) is 2.73. The number of nitrogens with zero attached hydrogens (tertiary/aromatic N) is 4. The van der Waals surface area contributed by atoms with E-state index in [1.54, 1.807) is 25.2 Å². The minimum Gasteiger partial charge on any atom is -0.506 e. The van der Waals surface area contributed by atoms with Crippen molar-refractivity contribution >= 4 is 35.6 Å². The molecular weight excluding hydrogens is 526 g/mol. The lowest BCUT2D eigenvalue weighted by molar-refractivity contribution is -0.154. The maximum atomic E-state index is 12.3. The Bertz CT molecular complexity index is 874. The van der Waals surface area contributed by atoms with Crippen LogP contribution in [0.1, 0.15) is 5.56 Å². The molecule has 2 heterocycles. The molecule has 0 atom stereocenters. The molecule has 2 aromatic rings. The maximum absolute atomic E-state index is 12.3. The molecule has 7 nitrogen and oxygen atoms in total. The lowest BCUT2D eigenvalue weighted by atomic mass is 10.2. The molecule has 1 saturated heterocycles. The Labute approximate surface area is 195 Å². The Morgan fingerprint density at radius 2 is 1.90 bits per heavy atom. The summed E-state index contributed by atoms with van der Waals surface area (Å²) in [4.78, 5) is 12.3. The molecule has 11 heteroatoms. The van der Waals surface area contributed by atoms with Crippen molar-refractivity contribution in [3.8, 4) is 11.6 Å². The number of guanidine groups is 1. The number of halogens is 4. The van der Waals surface area contributed by atoms with E-state index in [2.05, 4.69) is 25.1 Å². The van der Waals surface area contributed by atoms with Crippen LogP contribution in [0.25, 0.3) is 0 Å². The molecule has 0 unspecified atom stereocenters. The summed E-state index contributed by atoms with van der Waals surface area (Å²) in [6.07, 6.45) is -2.99. The number of piperazine rings is 1. The van der Waals surface area contributed by atoms with Gasteiger partial charge in [-0.2, -0.15) is 13.2 Å². The average molecular weight is 551 g/mol. The molecular formula is C20H25F3IN5O2. The number of nitrogens with one attached hydrogen (secondary N) is 1. The van der Waals surface area contributed by atoms with Gasteiger partial charge in [-0.05, 0) is 23.8 Å². The van der Waals surface area contributed by atoms with E-state index < -0.39 is 12.8 Å². The molecule has 0 amide bonds. The van der Waals surface area contributed by atoms with Crippen molar-refractivity contribution in [2.75, 3.05) is 44.7 Å². The number of anilines is 1. The van der Waals surface area contributed by atoms with E-state index in [0.29, 0.717) is 25.6 Å². The summed E-state index contributed by atoms with van der Waals surface area (Å²) in [5, 5.41) is 13.3. The summed E-state index contributed by atoms with van der Waals surface area (Å²) in [6.45, 7) is 1.87. The normalized spacial score (nSPS) is 14.8. The molecule has 0 saturated carbocycles. The fourth-order valence-electron chi connectivity index (χ4n) is 3.20. The third-order valence-electron chi connectivity index (χ3n) is 4.65. The van der Waals surface area contributed by atoms with Gasteiger partial charge in [0, 0.05) is 52.0 Å². The predicted octanol–water partition coefficient (Wildman–Crippen LogP) is 3.24. The molecule has 1 fully saturated rings. The van der Waals surface area contributed by atoms with Crippen molar-refractivity contribution in [3.05, 3.63) is 48.2 Å². The van der Waals surface area contributed by atoms with E-state index in [9.17, 15) is 18.3 Å². The van der Waals surface area contributed by atoms with Gasteiger partial charge in [0.15, 0.2) is 12.6 Å². The molecule has 2 N–H and O–H groups in total. The number of aromatic nitrogens is 1. The molecule has 1 aliphatic heterocycles. The molecule has 1 aromatic heterocycles. The van der Waals surface area contributed by atoms with Crippen LogP contribution in [0.2, 0.25) is 0 Å². The molecule has 0 radical (unpaired) electrons. The van der Waals surface area contributed by atoms with E-state index in [1.165, 1.54) is 12.3 Å². The first-order valence-electron chi connectivity index (χ1n) is 9.49. The van der Waals surface area contributed by atoms with Crippen LogP contribution in [0.15, 0.2) is 47.6 Å². The number of alkyl halides is 3. The molecule has 1 aromatic carbocycles. The predicted molar refractivity (Wildman–Crippen MR) is 123 cm³/mol. The van der Waals surface area contributed by atoms with Crippen LogP contribution in [-0.2, 0) is 6.54 Å². The molecule has 31 heavy (non-hydrogen) atoms. The van der Waals surface area contributed by atoms with Gasteiger partial charge in [-0.1, -0.05) is 12.1 Å². The van der Waals surface area contributed by atoms with Gasteiger partial charge in [0.05, 0.1) is 5.69 Å². The van der Waals surface area contributed by atoms with Gasteiger partial charge < -0.3 is 25.0 Å². The highest BCUT2D eigenvalue weighted by Gasteiger charge is 2.28. The number of phenolic OH excluding ortho intramolecular Hbond substituents is 1. The zero-order valence-electron chi connectivity index (χ0n) is 17.0. The van der Waals surface area contributed by atoms with Gasteiger partial charge in [-0.15, -0.1) is 24.0 Å². The molecule has 0 bridgehead atoms. The first-order chi connectivity index (χ1) is 14.4. The Hall–Kier alpha value is -2.44. The third-order valence-corrected chi connectivity index (χ3v) is 4.65. The Morgan fingerprint density at radius 1 is 1.19 bits per heavy atom. The number of hydrogen-bond acceptors (Lipinski definition) is 5. The fourth-order valence-corrected chi connectivity index (χ4v) is 3.20. The van der Waals surface area contributed by atoms with Gasteiger partial charge in [0.1, 0.15) is 5.75 Å². The highest BCUT2D eigenvalue weighted by Crippen LogP contribution is 2.27. The van der Waals surface area contributed by atoms with Crippen LogP contribution < -0.4 is 15.0 Å². The van der Waals surface area contributed by atoms with Crippen LogP contribution >= 0.6 is 24.0 Å². The van der Waals surface area contributed by atoms with Crippen LogP contribution in [0.5, 0.6) is 11.6 Å². The molecule has 1 aliphatic rings. The monoisotopic (exact) mass is 551 g/mol. The number of benzene rings is 1. The summed E-state index contributed by atoms with van der Waals surface area (Å²) in [5.41, 5.74) is 1.54. The lowest BCUT2D eigenvalue weighted by Gasteiger charge is -2.37. The number of rotatable bonds is 5. The van der Waals surface area contributed by atoms with Crippen LogP contribution in [0.4, 0.5) is 18.9 Å². The van der Waals surface area contributed by atoms with E-state index in [4.69, 9.17) is 4.74 Å². The second kappa shape index (κ2) is 11.3. The van der Waals surface area contributed by atoms with Crippen molar-refractivity contribution < 1.29 is 23.0 Å². The van der Waals surface area contributed by atoms with Gasteiger partial charge in [-0.25, -0.2) is 4.98 Å². The number of aromatic hydroxyl groups is 1.